The number of ether oxygens (including phenoxy) is 2. The fourth-order valence-electron chi connectivity index (χ4n) is 2.94. The molecule has 0 amide bonds. The van der Waals surface area contributed by atoms with E-state index in [1.807, 2.05) is 18.3 Å². The summed E-state index contributed by atoms with van der Waals surface area (Å²) in [6.07, 6.45) is 4.84. The summed E-state index contributed by atoms with van der Waals surface area (Å²) in [7, 11) is 1.70. The van der Waals surface area contributed by atoms with Crippen LogP contribution in [0.3, 0.4) is 0 Å². The summed E-state index contributed by atoms with van der Waals surface area (Å²) in [5, 5.41) is 3.32. The Morgan fingerprint density at radius 1 is 1.29 bits per heavy atom. The average Bonchev–Trinajstić information content (AvgIpc) is 3.14. The Kier molecular flexibility index (Phi) is 5.77. The molecule has 0 radical (unpaired) electrons. The van der Waals surface area contributed by atoms with E-state index in [0.29, 0.717) is 12.7 Å². The minimum absolute atomic E-state index is 0.294. The van der Waals surface area contributed by atoms with Gasteiger partial charge in [0.1, 0.15) is 11.6 Å². The topological polar surface area (TPSA) is 56.3 Å². The van der Waals surface area contributed by atoms with Crippen LogP contribution in [0.15, 0.2) is 30.5 Å². The molecule has 1 aromatic carbocycles. The molecule has 1 fully saturated rings. The van der Waals surface area contributed by atoms with Crippen molar-refractivity contribution in [3.63, 3.8) is 0 Å². The van der Waals surface area contributed by atoms with Crippen molar-refractivity contribution in [3.05, 3.63) is 53.1 Å². The normalized spacial score (nSPS) is 17.2. The van der Waals surface area contributed by atoms with Gasteiger partial charge in [-0.15, -0.1) is 0 Å². The van der Waals surface area contributed by atoms with Gasteiger partial charge in [0.25, 0.3) is 0 Å². The van der Waals surface area contributed by atoms with Crippen molar-refractivity contribution in [3.8, 4) is 5.75 Å². The Labute approximate surface area is 143 Å². The summed E-state index contributed by atoms with van der Waals surface area (Å²) in [6.45, 7) is 4.64. The van der Waals surface area contributed by atoms with Gasteiger partial charge in [0.2, 0.25) is 0 Å². The van der Waals surface area contributed by atoms with Gasteiger partial charge in [-0.1, -0.05) is 13.0 Å². The fourth-order valence-corrected chi connectivity index (χ4v) is 2.94. The summed E-state index contributed by atoms with van der Waals surface area (Å²) < 4.78 is 11.5. The highest BCUT2D eigenvalue weighted by Gasteiger charge is 2.16. The zero-order chi connectivity index (χ0) is 16.8. The number of nitrogens with one attached hydrogen (secondary N) is 1. The number of hydrogen-bond acceptors (Lipinski definition) is 5. The van der Waals surface area contributed by atoms with Crippen LogP contribution < -0.4 is 10.1 Å². The van der Waals surface area contributed by atoms with Crippen LogP contribution in [0.1, 0.15) is 36.0 Å². The van der Waals surface area contributed by atoms with Crippen molar-refractivity contribution >= 4 is 0 Å². The van der Waals surface area contributed by atoms with Crippen LogP contribution in [0, 0.1) is 0 Å². The third-order valence-electron chi connectivity index (χ3n) is 4.32. The standard InChI is InChI=1S/C19H25N3O2/c1-3-16-6-9-21-19(22-16)11-14-4-5-18(23-2)15(10-14)13-24-17-7-8-20-12-17/h4-6,9-10,17,20H,3,7-8,11-13H2,1-2H3. The minimum Gasteiger partial charge on any atom is -0.496 e. The van der Waals surface area contributed by atoms with Crippen molar-refractivity contribution < 1.29 is 9.47 Å². The van der Waals surface area contributed by atoms with E-state index in [2.05, 4.69) is 34.3 Å². The number of nitrogens with zero attached hydrogens (tertiary/aromatic N) is 2. The van der Waals surface area contributed by atoms with E-state index >= 15 is 0 Å². The Balaban J connectivity index is 1.72. The van der Waals surface area contributed by atoms with Gasteiger partial charge < -0.3 is 14.8 Å². The van der Waals surface area contributed by atoms with Gasteiger partial charge in [-0.3, -0.25) is 0 Å². The predicted octanol–water partition coefficient (Wildman–Crippen LogP) is 2.52. The van der Waals surface area contributed by atoms with E-state index in [9.17, 15) is 0 Å². The molecule has 1 aromatic heterocycles. The third kappa shape index (κ3) is 4.30. The molecule has 2 aromatic rings. The van der Waals surface area contributed by atoms with E-state index in [1.54, 1.807) is 7.11 Å². The second-order valence-corrected chi connectivity index (χ2v) is 6.07. The molecule has 1 saturated heterocycles. The molecule has 5 nitrogen and oxygen atoms in total. The summed E-state index contributed by atoms with van der Waals surface area (Å²) in [5.74, 6) is 1.72. The van der Waals surface area contributed by atoms with Crippen LogP contribution in [0.5, 0.6) is 5.75 Å². The molecule has 1 N–H and O–H groups in total. The first kappa shape index (κ1) is 16.9. The maximum absolute atomic E-state index is 6.00. The summed E-state index contributed by atoms with van der Waals surface area (Å²) >= 11 is 0. The largest absolute Gasteiger partial charge is 0.496 e. The SMILES string of the molecule is CCc1ccnc(Cc2ccc(OC)c(COC3CCNC3)c2)n1. The lowest BCUT2D eigenvalue weighted by molar-refractivity contribution is 0.0530. The van der Waals surface area contributed by atoms with Gasteiger partial charge in [-0.25, -0.2) is 9.97 Å². The van der Waals surface area contributed by atoms with Crippen molar-refractivity contribution in [2.24, 2.45) is 0 Å². The molecule has 3 rings (SSSR count). The van der Waals surface area contributed by atoms with Gasteiger partial charge in [-0.2, -0.15) is 0 Å². The summed E-state index contributed by atoms with van der Waals surface area (Å²) in [5.41, 5.74) is 3.33. The number of aromatic nitrogens is 2. The number of methoxy groups -OCH3 is 1. The highest BCUT2D eigenvalue weighted by atomic mass is 16.5. The quantitative estimate of drug-likeness (QED) is 0.847. The Morgan fingerprint density at radius 3 is 2.96 bits per heavy atom. The number of aryl methyl sites for hydroxylation is 1. The van der Waals surface area contributed by atoms with Crippen molar-refractivity contribution in [1.29, 1.82) is 0 Å². The molecule has 1 aliphatic rings. The van der Waals surface area contributed by atoms with E-state index in [1.165, 1.54) is 5.56 Å². The molecule has 0 aliphatic carbocycles. The second-order valence-electron chi connectivity index (χ2n) is 6.07. The first-order chi connectivity index (χ1) is 11.8. The highest BCUT2D eigenvalue weighted by Crippen LogP contribution is 2.23. The minimum atomic E-state index is 0.294. The Morgan fingerprint density at radius 2 is 2.21 bits per heavy atom. The van der Waals surface area contributed by atoms with Crippen LogP contribution in [0.25, 0.3) is 0 Å². The molecular weight excluding hydrogens is 302 g/mol. The smallest absolute Gasteiger partial charge is 0.132 e. The average molecular weight is 327 g/mol. The lowest BCUT2D eigenvalue weighted by Gasteiger charge is -2.14. The fraction of sp³-hybridized carbons (Fsp3) is 0.474. The zero-order valence-electron chi connectivity index (χ0n) is 14.4. The molecule has 0 bridgehead atoms. The number of rotatable bonds is 7. The summed E-state index contributed by atoms with van der Waals surface area (Å²) in [6, 6.07) is 8.18. The zero-order valence-corrected chi connectivity index (χ0v) is 14.4. The van der Waals surface area contributed by atoms with E-state index < -0.39 is 0 Å². The van der Waals surface area contributed by atoms with Crippen molar-refractivity contribution in [2.45, 2.75) is 38.9 Å². The van der Waals surface area contributed by atoms with Crippen LogP contribution in [0.4, 0.5) is 0 Å². The summed E-state index contributed by atoms with van der Waals surface area (Å²) in [4.78, 5) is 8.97. The second kappa shape index (κ2) is 8.22. The van der Waals surface area contributed by atoms with Gasteiger partial charge >= 0.3 is 0 Å². The highest BCUT2D eigenvalue weighted by molar-refractivity contribution is 5.38. The monoisotopic (exact) mass is 327 g/mol. The van der Waals surface area contributed by atoms with Crippen LogP contribution >= 0.6 is 0 Å². The maximum Gasteiger partial charge on any atom is 0.132 e. The van der Waals surface area contributed by atoms with Crippen LogP contribution in [-0.4, -0.2) is 36.3 Å². The maximum atomic E-state index is 6.00. The van der Waals surface area contributed by atoms with Crippen LogP contribution in [0.2, 0.25) is 0 Å². The Hall–Kier alpha value is -1.98. The van der Waals surface area contributed by atoms with E-state index in [0.717, 1.165) is 55.2 Å². The first-order valence-corrected chi connectivity index (χ1v) is 8.57. The van der Waals surface area contributed by atoms with Crippen molar-refractivity contribution in [1.82, 2.24) is 15.3 Å². The number of benzene rings is 1. The van der Waals surface area contributed by atoms with E-state index in [-0.39, 0.29) is 0 Å². The lowest BCUT2D eigenvalue weighted by atomic mass is 10.1. The molecule has 0 saturated carbocycles. The molecule has 24 heavy (non-hydrogen) atoms. The molecule has 1 aliphatic heterocycles. The Bertz CT molecular complexity index is 669. The van der Waals surface area contributed by atoms with Crippen molar-refractivity contribution in [2.75, 3.05) is 20.2 Å². The third-order valence-corrected chi connectivity index (χ3v) is 4.32. The number of hydrogen-bond donors (Lipinski definition) is 1. The van der Waals surface area contributed by atoms with Gasteiger partial charge in [0.15, 0.2) is 0 Å². The molecule has 5 heteroatoms. The molecule has 0 spiro atoms. The molecular formula is C19H25N3O2. The molecule has 1 atom stereocenters. The lowest BCUT2D eigenvalue weighted by Crippen LogP contribution is -2.16. The molecule has 128 valence electrons. The van der Waals surface area contributed by atoms with Gasteiger partial charge in [0, 0.05) is 30.4 Å². The first-order valence-electron chi connectivity index (χ1n) is 8.57. The predicted molar refractivity (Wildman–Crippen MR) is 93.3 cm³/mol. The van der Waals surface area contributed by atoms with E-state index in [4.69, 9.17) is 9.47 Å². The van der Waals surface area contributed by atoms with Crippen LogP contribution in [-0.2, 0) is 24.2 Å². The molecule has 2 heterocycles. The van der Waals surface area contributed by atoms with Gasteiger partial charge in [0.05, 0.1) is 19.8 Å². The van der Waals surface area contributed by atoms with Gasteiger partial charge in [-0.05, 0) is 43.1 Å². The molecule has 1 unspecified atom stereocenters.